The van der Waals surface area contributed by atoms with Crippen LogP contribution in [0.25, 0.3) is 0 Å². The molecule has 192 valence electrons. The summed E-state index contributed by atoms with van der Waals surface area (Å²) >= 11 is 0. The second kappa shape index (κ2) is 16.3. The van der Waals surface area contributed by atoms with Crippen molar-refractivity contribution in [2.75, 3.05) is 46.2 Å². The maximum absolute atomic E-state index is 11.3. The van der Waals surface area contributed by atoms with Crippen molar-refractivity contribution in [2.45, 2.75) is 62.8 Å². The van der Waals surface area contributed by atoms with Crippen LogP contribution < -0.4 is 0 Å². The maximum Gasteiger partial charge on any atom is 0.241 e. The maximum atomic E-state index is 11.3. The van der Waals surface area contributed by atoms with Gasteiger partial charge in [-0.2, -0.15) is 0 Å². The van der Waals surface area contributed by atoms with Crippen LogP contribution in [0.5, 0.6) is 0 Å². The molecule has 1 rings (SSSR count). The first-order chi connectivity index (χ1) is 15.8. The summed E-state index contributed by atoms with van der Waals surface area (Å²) in [6, 6.07) is 0. The van der Waals surface area contributed by atoms with E-state index in [4.69, 9.17) is 29.5 Å². The molecular weight excluding hydrogens is 440 g/mol. The Bertz CT molecular complexity index is 622. The van der Waals surface area contributed by atoms with Crippen LogP contribution in [0.4, 0.5) is 0 Å². The fourth-order valence-corrected chi connectivity index (χ4v) is 3.02. The first-order valence-electron chi connectivity index (χ1n) is 11.0. The molecule has 0 fully saturated rings. The van der Waals surface area contributed by atoms with Gasteiger partial charge < -0.3 is 50.0 Å². The topological polar surface area (TPSA) is 195 Å². The quantitative estimate of drug-likeness (QED) is 0.0841. The van der Waals surface area contributed by atoms with E-state index in [1.165, 1.54) is 19.3 Å². The molecule has 12 nitrogen and oxygen atoms in total. The summed E-state index contributed by atoms with van der Waals surface area (Å²) in [6.07, 6.45) is -0.949. The smallest absolute Gasteiger partial charge is 0.241 e. The zero-order valence-corrected chi connectivity index (χ0v) is 19.0. The van der Waals surface area contributed by atoms with Crippen LogP contribution in [0.15, 0.2) is 12.4 Å². The molecule has 1 aromatic rings. The van der Waals surface area contributed by atoms with Crippen LogP contribution in [-0.4, -0.2) is 116 Å². The number of rotatable bonds is 19. The van der Waals surface area contributed by atoms with Crippen molar-refractivity contribution in [3.63, 3.8) is 0 Å². The zero-order valence-electron chi connectivity index (χ0n) is 19.0. The summed E-state index contributed by atoms with van der Waals surface area (Å²) in [5.41, 5.74) is 0.300. The Morgan fingerprint density at radius 3 is 2.00 bits per heavy atom. The Hall–Kier alpha value is -1.32. The molecule has 7 N–H and O–H groups in total. The summed E-state index contributed by atoms with van der Waals surface area (Å²) in [5, 5.41) is 68.1. The van der Waals surface area contributed by atoms with Crippen molar-refractivity contribution >= 4 is 0 Å². The first-order valence-corrected chi connectivity index (χ1v) is 11.0. The van der Waals surface area contributed by atoms with Crippen molar-refractivity contribution in [1.82, 2.24) is 9.97 Å². The van der Waals surface area contributed by atoms with Crippen LogP contribution in [0, 0.1) is 0 Å². The molecule has 1 heterocycles. The van der Waals surface area contributed by atoms with E-state index in [2.05, 4.69) is 9.97 Å². The van der Waals surface area contributed by atoms with Crippen LogP contribution in [-0.2, 0) is 26.4 Å². The molecule has 0 bridgehead atoms. The van der Waals surface area contributed by atoms with Gasteiger partial charge in [-0.05, 0) is 26.2 Å². The lowest BCUT2D eigenvalue weighted by Gasteiger charge is -2.36. The highest BCUT2D eigenvalue weighted by Gasteiger charge is 2.45. The highest BCUT2D eigenvalue weighted by molar-refractivity contribution is 5.12. The molecular formula is C21H38N2O10. The van der Waals surface area contributed by atoms with Gasteiger partial charge in [-0.3, -0.25) is 9.97 Å². The van der Waals surface area contributed by atoms with Crippen molar-refractivity contribution in [3.05, 3.63) is 23.8 Å². The van der Waals surface area contributed by atoms with E-state index in [1.54, 1.807) is 0 Å². The predicted octanol–water partition coefficient (Wildman–Crippen LogP) is -2.17. The van der Waals surface area contributed by atoms with E-state index in [1.807, 2.05) is 0 Å². The Labute approximate surface area is 193 Å². The standard InChI is InChI=1S/C21H38N2O10/c1-15(28)20(32-9-3-6-25)21(30,33-10-4-7-26)19-13-22-16(12-23-19)11-17(29)18(14-27)31-8-2-5-24/h12-13,15,17-18,20,24-30H,2-11,14H2,1H3/t15-,17-,18+,20+,21?/m0/s1. The normalized spacial score (nSPS) is 17.3. The molecule has 0 saturated heterocycles. The van der Waals surface area contributed by atoms with Crippen LogP contribution in [0.1, 0.15) is 37.6 Å². The number of ether oxygens (including phenoxy) is 3. The molecule has 0 aliphatic carbocycles. The lowest BCUT2D eigenvalue weighted by Crippen LogP contribution is -2.50. The molecule has 0 aliphatic rings. The summed E-state index contributed by atoms with van der Waals surface area (Å²) in [6.45, 7) is 0.798. The minimum Gasteiger partial charge on any atom is -0.396 e. The minimum absolute atomic E-state index is 0.00820. The Morgan fingerprint density at radius 2 is 1.48 bits per heavy atom. The van der Waals surface area contributed by atoms with E-state index in [0.717, 1.165) is 0 Å². The molecule has 0 saturated carbocycles. The number of hydrogen-bond donors (Lipinski definition) is 7. The van der Waals surface area contributed by atoms with Crippen LogP contribution in [0.3, 0.4) is 0 Å². The van der Waals surface area contributed by atoms with Gasteiger partial charge in [-0.15, -0.1) is 0 Å². The molecule has 5 atom stereocenters. The second-order valence-electron chi connectivity index (χ2n) is 7.56. The molecule has 12 heteroatoms. The van der Waals surface area contributed by atoms with Gasteiger partial charge in [0.2, 0.25) is 5.79 Å². The van der Waals surface area contributed by atoms with Gasteiger partial charge in [-0.1, -0.05) is 0 Å². The van der Waals surface area contributed by atoms with Crippen molar-refractivity contribution in [1.29, 1.82) is 0 Å². The molecule has 1 unspecified atom stereocenters. The largest absolute Gasteiger partial charge is 0.396 e. The van der Waals surface area contributed by atoms with Gasteiger partial charge in [0.25, 0.3) is 0 Å². The second-order valence-corrected chi connectivity index (χ2v) is 7.56. The van der Waals surface area contributed by atoms with Gasteiger partial charge in [0.15, 0.2) is 0 Å². The van der Waals surface area contributed by atoms with Gasteiger partial charge in [-0.25, -0.2) is 0 Å². The average molecular weight is 479 g/mol. The van der Waals surface area contributed by atoms with Gasteiger partial charge in [0.05, 0.1) is 37.3 Å². The number of aliphatic hydroxyl groups excluding tert-OH is 6. The van der Waals surface area contributed by atoms with Gasteiger partial charge in [0, 0.05) is 45.7 Å². The van der Waals surface area contributed by atoms with Gasteiger partial charge >= 0.3 is 0 Å². The number of hydrogen-bond acceptors (Lipinski definition) is 12. The Morgan fingerprint density at radius 1 is 0.879 bits per heavy atom. The minimum atomic E-state index is -2.19. The summed E-state index contributed by atoms with van der Waals surface area (Å²) in [7, 11) is 0. The molecule has 0 spiro atoms. The van der Waals surface area contributed by atoms with E-state index >= 15 is 0 Å². The fraction of sp³-hybridized carbons (Fsp3) is 0.810. The van der Waals surface area contributed by atoms with E-state index in [-0.39, 0.29) is 64.6 Å². The Kier molecular flexibility index (Phi) is 14.7. The van der Waals surface area contributed by atoms with Gasteiger partial charge in [0.1, 0.15) is 17.9 Å². The fourth-order valence-electron chi connectivity index (χ4n) is 3.02. The van der Waals surface area contributed by atoms with E-state index < -0.39 is 36.8 Å². The molecule has 0 aliphatic heterocycles. The molecule has 33 heavy (non-hydrogen) atoms. The number of aromatic nitrogens is 2. The van der Waals surface area contributed by atoms with E-state index in [0.29, 0.717) is 12.1 Å². The van der Waals surface area contributed by atoms with Crippen LogP contribution >= 0.6 is 0 Å². The van der Waals surface area contributed by atoms with Crippen LogP contribution in [0.2, 0.25) is 0 Å². The summed E-state index contributed by atoms with van der Waals surface area (Å²) in [5.74, 6) is -2.19. The third-order valence-corrected chi connectivity index (χ3v) is 4.78. The summed E-state index contributed by atoms with van der Waals surface area (Å²) < 4.78 is 16.5. The lowest BCUT2D eigenvalue weighted by molar-refractivity contribution is -0.296. The summed E-state index contributed by atoms with van der Waals surface area (Å²) in [4.78, 5) is 8.38. The molecule has 0 amide bonds. The van der Waals surface area contributed by atoms with Crippen molar-refractivity contribution in [3.8, 4) is 0 Å². The average Bonchev–Trinajstić information content (AvgIpc) is 2.79. The third-order valence-electron chi connectivity index (χ3n) is 4.78. The Balaban J connectivity index is 3.01. The van der Waals surface area contributed by atoms with Crippen molar-refractivity contribution < 1.29 is 50.0 Å². The molecule has 1 aromatic heterocycles. The number of nitrogens with zero attached hydrogens (tertiary/aromatic N) is 2. The SMILES string of the molecule is C[C@H](O)[C@@H](OCCCO)C(O)(OCCCO)c1cnc(C[C@H](O)[C@@H](CO)OCCCO)cn1. The third kappa shape index (κ3) is 9.83. The predicted molar refractivity (Wildman–Crippen MR) is 115 cm³/mol. The zero-order chi connectivity index (χ0) is 24.7. The monoisotopic (exact) mass is 478 g/mol. The highest BCUT2D eigenvalue weighted by Crippen LogP contribution is 2.30. The lowest BCUT2D eigenvalue weighted by atomic mass is 10.0. The molecule has 0 radical (unpaired) electrons. The molecule has 0 aromatic carbocycles. The number of aliphatic hydroxyl groups is 7. The highest BCUT2D eigenvalue weighted by atomic mass is 16.7. The first kappa shape index (κ1) is 29.7. The van der Waals surface area contributed by atoms with Crippen molar-refractivity contribution in [2.24, 2.45) is 0 Å². The van der Waals surface area contributed by atoms with E-state index in [9.17, 15) is 20.4 Å².